The molecule has 0 aliphatic heterocycles. The number of carbonyl (C=O) groups excluding carboxylic acids is 1. The number of fused-ring (bicyclic) bond motifs is 4. The summed E-state index contributed by atoms with van der Waals surface area (Å²) in [5.74, 6) is 2.26. The molecule has 6 nitrogen and oxygen atoms in total. The Labute approximate surface area is 332 Å². The first-order valence-electron chi connectivity index (χ1n) is 20.1. The van der Waals surface area contributed by atoms with Crippen LogP contribution in [-0.2, 0) is 29.6 Å². The Balaban J connectivity index is 0.987. The molecule has 0 saturated carbocycles. The fourth-order valence-electron chi connectivity index (χ4n) is 8.45. The van der Waals surface area contributed by atoms with Gasteiger partial charge in [0.25, 0.3) is 5.91 Å². The molecule has 5 aromatic carbocycles. The van der Waals surface area contributed by atoms with Crippen molar-refractivity contribution < 1.29 is 24.0 Å². The third-order valence-electron chi connectivity index (χ3n) is 11.2. The van der Waals surface area contributed by atoms with Crippen LogP contribution >= 0.6 is 0 Å². The minimum absolute atomic E-state index is 0.0966. The number of carbonyl (C=O) groups is 1. The van der Waals surface area contributed by atoms with Crippen molar-refractivity contribution in [2.75, 3.05) is 25.6 Å². The average molecular weight is 748 g/mol. The number of nitrogens with one attached hydrogen (secondary N) is 1. The summed E-state index contributed by atoms with van der Waals surface area (Å²) < 4.78 is 11.7. The zero-order chi connectivity index (χ0) is 38.7. The number of ether oxygens (including phenoxy) is 2. The Hall–Kier alpha value is -5.59. The van der Waals surface area contributed by atoms with Gasteiger partial charge in [-0.25, -0.2) is 0 Å². The average Bonchev–Trinajstić information content (AvgIpc) is 3.80. The molecule has 5 aromatic rings. The normalized spacial score (nSPS) is 15.7. The number of aryl methyl sites for hydroxylation is 3. The molecule has 0 saturated heterocycles. The second kappa shape index (κ2) is 18.4. The zero-order valence-electron chi connectivity index (χ0n) is 32.9. The standard InChI is InChI=1S/C50H53NO5/c1-4-5-6-9-33-54-44-28-25-38(35-46(44)53-3)15-10-17-39-18-11-19-40-29-31-50(47(39)40)32-30-41-20-12-22-45(48(41)50)56-55-34-13-16-37-23-26-42(27-24-37)51-49(52)43-21-8-7-14-36(43)2/h7-8,10-16,18-28,35H,4-6,9,17,29-34H2,1-3H3,(H,51,52)/b15-10+,16-13+. The number of rotatable bonds is 17. The molecule has 2 aliphatic carbocycles. The van der Waals surface area contributed by atoms with E-state index in [2.05, 4.69) is 66.9 Å². The van der Waals surface area contributed by atoms with E-state index >= 15 is 0 Å². The number of anilines is 1. The van der Waals surface area contributed by atoms with Gasteiger partial charge in [-0.1, -0.05) is 117 Å². The fourth-order valence-corrected chi connectivity index (χ4v) is 8.45. The summed E-state index contributed by atoms with van der Waals surface area (Å²) in [6.07, 6.45) is 18.1. The summed E-state index contributed by atoms with van der Waals surface area (Å²) in [6, 6.07) is 34.7. The van der Waals surface area contributed by atoms with Crippen molar-refractivity contribution in [3.63, 3.8) is 0 Å². The van der Waals surface area contributed by atoms with Crippen LogP contribution in [-0.4, -0.2) is 26.2 Å². The minimum Gasteiger partial charge on any atom is -0.493 e. The maximum absolute atomic E-state index is 12.7. The van der Waals surface area contributed by atoms with Crippen LogP contribution in [0, 0.1) is 6.92 Å². The molecule has 2 aliphatic rings. The maximum Gasteiger partial charge on any atom is 0.255 e. The van der Waals surface area contributed by atoms with Crippen LogP contribution in [0.4, 0.5) is 5.69 Å². The summed E-state index contributed by atoms with van der Waals surface area (Å²) in [5.41, 5.74) is 11.2. The van der Waals surface area contributed by atoms with Gasteiger partial charge in [0.15, 0.2) is 17.2 Å². The highest BCUT2D eigenvalue weighted by atomic mass is 17.2. The van der Waals surface area contributed by atoms with Gasteiger partial charge in [0.05, 0.1) is 13.7 Å². The highest BCUT2D eigenvalue weighted by Gasteiger charge is 2.47. The van der Waals surface area contributed by atoms with Gasteiger partial charge in [-0.3, -0.25) is 4.79 Å². The Bertz CT molecular complexity index is 2180. The summed E-state index contributed by atoms with van der Waals surface area (Å²) in [4.78, 5) is 24.7. The van der Waals surface area contributed by atoms with Gasteiger partial charge in [0, 0.05) is 22.2 Å². The lowest BCUT2D eigenvalue weighted by atomic mass is 9.74. The van der Waals surface area contributed by atoms with Crippen LogP contribution < -0.4 is 19.7 Å². The molecular weight excluding hydrogens is 695 g/mol. The molecule has 0 bridgehead atoms. The van der Waals surface area contributed by atoms with Gasteiger partial charge in [-0.2, -0.15) is 4.89 Å². The van der Waals surface area contributed by atoms with Gasteiger partial charge >= 0.3 is 0 Å². The van der Waals surface area contributed by atoms with Crippen molar-refractivity contribution >= 4 is 23.7 Å². The first-order valence-corrected chi connectivity index (χ1v) is 20.1. The largest absolute Gasteiger partial charge is 0.493 e. The van der Waals surface area contributed by atoms with Gasteiger partial charge < -0.3 is 19.7 Å². The molecule has 7 rings (SSSR count). The smallest absolute Gasteiger partial charge is 0.255 e. The summed E-state index contributed by atoms with van der Waals surface area (Å²) in [5, 5.41) is 2.98. The predicted molar refractivity (Wildman–Crippen MR) is 227 cm³/mol. The summed E-state index contributed by atoms with van der Waals surface area (Å²) in [7, 11) is 1.71. The summed E-state index contributed by atoms with van der Waals surface area (Å²) in [6.45, 7) is 5.16. The number of hydrogen-bond donors (Lipinski definition) is 1. The molecule has 1 spiro atoms. The first kappa shape index (κ1) is 38.7. The number of hydrogen-bond acceptors (Lipinski definition) is 5. The number of unbranched alkanes of at least 4 members (excludes halogenated alkanes) is 3. The topological polar surface area (TPSA) is 66.0 Å². The molecule has 0 radical (unpaired) electrons. The first-order chi connectivity index (χ1) is 27.5. The summed E-state index contributed by atoms with van der Waals surface area (Å²) >= 11 is 0. The van der Waals surface area contributed by atoms with Crippen LogP contribution in [0.5, 0.6) is 17.2 Å². The highest BCUT2D eigenvalue weighted by Crippen LogP contribution is 2.56. The van der Waals surface area contributed by atoms with E-state index in [0.717, 1.165) is 78.2 Å². The van der Waals surface area contributed by atoms with Gasteiger partial charge in [0.1, 0.15) is 6.61 Å². The van der Waals surface area contributed by atoms with Crippen molar-refractivity contribution in [2.45, 2.75) is 77.0 Å². The quantitative estimate of drug-likeness (QED) is 0.0583. The maximum atomic E-state index is 12.7. The Morgan fingerprint density at radius 3 is 2.29 bits per heavy atom. The van der Waals surface area contributed by atoms with Crippen LogP contribution in [0.15, 0.2) is 115 Å². The fraction of sp³-hybridized carbons (Fsp3) is 0.300. The van der Waals surface area contributed by atoms with Crippen LogP contribution in [0.3, 0.4) is 0 Å². The van der Waals surface area contributed by atoms with Crippen LogP contribution in [0.25, 0.3) is 12.2 Å². The van der Waals surface area contributed by atoms with E-state index in [1.54, 1.807) is 7.11 Å². The molecule has 56 heavy (non-hydrogen) atoms. The SMILES string of the molecule is CCCCCCOc1ccc(/C=C/Cc2cccc3c2C2(CC3)CCc3cccc(OOC/C=C/c4ccc(NC(=O)c5ccccc5C)cc4)c32)cc1OC. The van der Waals surface area contributed by atoms with E-state index in [-0.39, 0.29) is 11.3 Å². The van der Waals surface area contributed by atoms with Crippen molar-refractivity contribution in [1.29, 1.82) is 0 Å². The second-order valence-electron chi connectivity index (χ2n) is 14.9. The van der Waals surface area contributed by atoms with E-state index < -0.39 is 0 Å². The van der Waals surface area contributed by atoms with Crippen molar-refractivity contribution in [2.24, 2.45) is 0 Å². The molecule has 1 amide bonds. The Morgan fingerprint density at radius 2 is 1.50 bits per heavy atom. The molecule has 1 atom stereocenters. The number of amides is 1. The monoisotopic (exact) mass is 747 g/mol. The van der Waals surface area contributed by atoms with Gasteiger partial charge in [0.2, 0.25) is 0 Å². The van der Waals surface area contributed by atoms with Crippen molar-refractivity contribution in [3.05, 3.63) is 165 Å². The number of allylic oxidation sites excluding steroid dienone is 1. The number of methoxy groups -OCH3 is 1. The van der Waals surface area contributed by atoms with Crippen LogP contribution in [0.2, 0.25) is 0 Å². The van der Waals surface area contributed by atoms with E-state index in [9.17, 15) is 4.79 Å². The second-order valence-corrected chi connectivity index (χ2v) is 14.9. The molecular formula is C50H53NO5. The van der Waals surface area contributed by atoms with E-state index in [1.807, 2.05) is 79.7 Å². The molecule has 6 heteroatoms. The predicted octanol–water partition coefficient (Wildman–Crippen LogP) is 11.7. The zero-order valence-corrected chi connectivity index (χ0v) is 32.9. The lowest BCUT2D eigenvalue weighted by Gasteiger charge is -2.30. The molecule has 1 N–H and O–H groups in total. The molecule has 0 heterocycles. The van der Waals surface area contributed by atoms with E-state index in [4.69, 9.17) is 19.2 Å². The highest BCUT2D eigenvalue weighted by molar-refractivity contribution is 6.05. The third-order valence-corrected chi connectivity index (χ3v) is 11.2. The Kier molecular flexibility index (Phi) is 12.7. The van der Waals surface area contributed by atoms with Gasteiger partial charge in [-0.15, -0.1) is 0 Å². The molecule has 0 fully saturated rings. The van der Waals surface area contributed by atoms with Gasteiger partial charge in [-0.05, 0) is 121 Å². The lowest BCUT2D eigenvalue weighted by molar-refractivity contribution is -0.196. The third kappa shape index (κ3) is 8.77. The Morgan fingerprint density at radius 1 is 0.750 bits per heavy atom. The van der Waals surface area contributed by atoms with Crippen molar-refractivity contribution in [1.82, 2.24) is 0 Å². The molecule has 1 unspecified atom stereocenters. The number of benzene rings is 5. The lowest BCUT2D eigenvalue weighted by Crippen LogP contribution is -2.24. The minimum atomic E-state index is -0.113. The van der Waals surface area contributed by atoms with Crippen LogP contribution in [0.1, 0.15) is 100 Å². The van der Waals surface area contributed by atoms with E-state index in [1.165, 1.54) is 47.1 Å². The van der Waals surface area contributed by atoms with Crippen molar-refractivity contribution in [3.8, 4) is 17.2 Å². The molecule has 0 aromatic heterocycles. The van der Waals surface area contributed by atoms with E-state index in [0.29, 0.717) is 18.8 Å². The molecule has 288 valence electrons.